The Kier molecular flexibility index (Phi) is 6.46. The molecule has 1 fully saturated rings. The third kappa shape index (κ3) is 4.62. The van der Waals surface area contributed by atoms with Crippen molar-refractivity contribution in [1.29, 1.82) is 0 Å². The van der Waals surface area contributed by atoms with Crippen LogP contribution in [0.1, 0.15) is 71.3 Å². The summed E-state index contributed by atoms with van der Waals surface area (Å²) in [7, 11) is 2.05. The number of nitrogens with one attached hydrogen (secondary N) is 1. The highest BCUT2D eigenvalue weighted by molar-refractivity contribution is 7.17. The van der Waals surface area contributed by atoms with Crippen LogP contribution >= 0.6 is 11.3 Å². The summed E-state index contributed by atoms with van der Waals surface area (Å²) >= 11 is 1.60. The highest BCUT2D eigenvalue weighted by Gasteiger charge is 2.27. The molecule has 1 aromatic carbocycles. The molecule has 1 heterocycles. The molecule has 154 valence electrons. The highest BCUT2D eigenvalue weighted by atomic mass is 32.1. The van der Waals surface area contributed by atoms with Gasteiger partial charge < -0.3 is 5.32 Å². The van der Waals surface area contributed by atoms with Crippen molar-refractivity contribution in [2.75, 3.05) is 18.9 Å². The largest absolute Gasteiger partial charge is 0.316 e. The van der Waals surface area contributed by atoms with E-state index >= 15 is 0 Å². The van der Waals surface area contributed by atoms with Crippen molar-refractivity contribution in [3.05, 3.63) is 51.9 Å². The Morgan fingerprint density at radius 1 is 1.03 bits per heavy atom. The number of hydrogen-bond donors (Lipinski definition) is 1. The van der Waals surface area contributed by atoms with E-state index in [1.165, 1.54) is 37.0 Å². The number of rotatable bonds is 6. The molecular formula is C24H30N2O2S. The van der Waals surface area contributed by atoms with Crippen LogP contribution in [0.3, 0.4) is 0 Å². The maximum atomic E-state index is 13.3. The van der Waals surface area contributed by atoms with Gasteiger partial charge in [-0.1, -0.05) is 49.6 Å². The molecule has 0 radical (unpaired) electrons. The van der Waals surface area contributed by atoms with Gasteiger partial charge in [-0.2, -0.15) is 0 Å². The lowest BCUT2D eigenvalue weighted by Gasteiger charge is -2.30. The van der Waals surface area contributed by atoms with E-state index < -0.39 is 0 Å². The molecule has 4 rings (SSSR count). The number of anilines is 1. The van der Waals surface area contributed by atoms with Gasteiger partial charge in [-0.15, -0.1) is 11.3 Å². The molecule has 0 atom stereocenters. The van der Waals surface area contributed by atoms with Gasteiger partial charge >= 0.3 is 0 Å². The summed E-state index contributed by atoms with van der Waals surface area (Å²) in [6.45, 7) is 0.381. The number of amides is 1. The molecule has 0 saturated heterocycles. The van der Waals surface area contributed by atoms with Crippen LogP contribution in [-0.2, 0) is 17.6 Å². The first kappa shape index (κ1) is 20.3. The zero-order chi connectivity index (χ0) is 20.2. The van der Waals surface area contributed by atoms with E-state index in [9.17, 15) is 9.59 Å². The van der Waals surface area contributed by atoms with Gasteiger partial charge in [0.1, 0.15) is 5.00 Å². The van der Waals surface area contributed by atoms with E-state index in [2.05, 4.69) is 10.2 Å². The van der Waals surface area contributed by atoms with Gasteiger partial charge in [-0.3, -0.25) is 14.5 Å². The number of thiophene rings is 1. The highest BCUT2D eigenvalue weighted by Crippen LogP contribution is 2.39. The molecule has 0 aliphatic heterocycles. The predicted molar refractivity (Wildman–Crippen MR) is 119 cm³/mol. The van der Waals surface area contributed by atoms with Gasteiger partial charge in [0.05, 0.1) is 12.1 Å². The second kappa shape index (κ2) is 9.23. The molecular weight excluding hydrogens is 380 g/mol. The standard InChI is InChI=1S/C24H30N2O2S/c1-26(18-12-6-3-7-13-18)16-21(27)25-24-22(19-14-8-9-15-20(19)29-24)23(28)17-10-4-2-5-11-17/h2,4-5,10-11,18H,3,6-9,12-16H2,1H3,(H,25,27). The first-order valence-corrected chi connectivity index (χ1v) is 11.7. The summed E-state index contributed by atoms with van der Waals surface area (Å²) in [5, 5.41) is 3.85. The predicted octanol–water partition coefficient (Wildman–Crippen LogP) is 5.06. The number of nitrogens with zero attached hydrogens (tertiary/aromatic N) is 1. The Bertz CT molecular complexity index is 869. The van der Waals surface area contributed by atoms with Crippen molar-refractivity contribution in [3.63, 3.8) is 0 Å². The zero-order valence-corrected chi connectivity index (χ0v) is 18.0. The van der Waals surface area contributed by atoms with Crippen molar-refractivity contribution in [1.82, 2.24) is 4.90 Å². The van der Waals surface area contributed by atoms with E-state index in [0.717, 1.165) is 41.8 Å². The molecule has 1 amide bonds. The Morgan fingerprint density at radius 2 is 1.76 bits per heavy atom. The molecule has 29 heavy (non-hydrogen) atoms. The monoisotopic (exact) mass is 410 g/mol. The molecule has 5 heteroatoms. The summed E-state index contributed by atoms with van der Waals surface area (Å²) in [5.41, 5.74) is 2.57. The number of carbonyl (C=O) groups excluding carboxylic acids is 2. The van der Waals surface area contributed by atoms with Crippen molar-refractivity contribution in [2.24, 2.45) is 0 Å². The van der Waals surface area contributed by atoms with Crippen molar-refractivity contribution >= 4 is 28.0 Å². The van der Waals surface area contributed by atoms with Gasteiger partial charge in [0.2, 0.25) is 5.91 Å². The number of fused-ring (bicyclic) bond motifs is 1. The van der Waals surface area contributed by atoms with Gasteiger partial charge in [-0.05, 0) is 51.1 Å². The topological polar surface area (TPSA) is 49.4 Å². The van der Waals surface area contributed by atoms with Gasteiger partial charge in [-0.25, -0.2) is 0 Å². The Balaban J connectivity index is 1.54. The lowest BCUT2D eigenvalue weighted by Crippen LogP contribution is -2.39. The van der Waals surface area contributed by atoms with Crippen molar-refractivity contribution < 1.29 is 9.59 Å². The fraction of sp³-hybridized carbons (Fsp3) is 0.500. The van der Waals surface area contributed by atoms with Gasteiger partial charge in [0, 0.05) is 16.5 Å². The summed E-state index contributed by atoms with van der Waals surface area (Å²) in [5.74, 6) is 0.0136. The minimum atomic E-state index is -0.0150. The maximum absolute atomic E-state index is 13.3. The van der Waals surface area contributed by atoms with Crippen LogP contribution in [0.25, 0.3) is 0 Å². The van der Waals surface area contributed by atoms with E-state index in [0.29, 0.717) is 18.2 Å². The fourth-order valence-corrected chi connectivity index (χ4v) is 5.97. The average molecular weight is 411 g/mol. The maximum Gasteiger partial charge on any atom is 0.239 e. The molecule has 1 N–H and O–H groups in total. The van der Waals surface area contributed by atoms with Gasteiger partial charge in [0.15, 0.2) is 5.78 Å². The van der Waals surface area contributed by atoms with Crippen LogP contribution in [0.4, 0.5) is 5.00 Å². The lowest BCUT2D eigenvalue weighted by atomic mass is 9.92. The molecule has 1 saturated carbocycles. The summed E-state index contributed by atoms with van der Waals surface area (Å²) < 4.78 is 0. The molecule has 2 aromatic rings. The third-order valence-electron chi connectivity index (χ3n) is 6.28. The van der Waals surface area contributed by atoms with Crippen molar-refractivity contribution in [2.45, 2.75) is 63.8 Å². The van der Waals surface area contributed by atoms with E-state index in [1.807, 2.05) is 37.4 Å². The first-order valence-electron chi connectivity index (χ1n) is 10.9. The van der Waals surface area contributed by atoms with Crippen LogP contribution < -0.4 is 5.32 Å². The minimum Gasteiger partial charge on any atom is -0.316 e. The number of ketones is 1. The Labute approximate surface area is 177 Å². The van der Waals surface area contributed by atoms with E-state index in [4.69, 9.17) is 0 Å². The van der Waals surface area contributed by atoms with Crippen LogP contribution in [-0.4, -0.2) is 36.2 Å². The lowest BCUT2D eigenvalue weighted by molar-refractivity contribution is -0.117. The first-order chi connectivity index (χ1) is 14.1. The van der Waals surface area contributed by atoms with E-state index in [1.54, 1.807) is 11.3 Å². The van der Waals surface area contributed by atoms with Crippen LogP contribution in [0.5, 0.6) is 0 Å². The molecule has 0 spiro atoms. The smallest absolute Gasteiger partial charge is 0.239 e. The summed E-state index contributed by atoms with van der Waals surface area (Å²) in [4.78, 5) is 29.6. The summed E-state index contributed by atoms with van der Waals surface area (Å²) in [6, 6.07) is 9.92. The van der Waals surface area contributed by atoms with Crippen LogP contribution in [0, 0.1) is 0 Å². The summed E-state index contributed by atoms with van der Waals surface area (Å²) in [6.07, 6.45) is 10.4. The molecule has 0 bridgehead atoms. The third-order valence-corrected chi connectivity index (χ3v) is 7.49. The molecule has 2 aliphatic carbocycles. The second-order valence-corrected chi connectivity index (χ2v) is 9.47. The Hall–Kier alpha value is -1.98. The van der Waals surface area contributed by atoms with Gasteiger partial charge in [0.25, 0.3) is 0 Å². The number of carbonyl (C=O) groups is 2. The number of hydrogen-bond acceptors (Lipinski definition) is 4. The van der Waals surface area contributed by atoms with E-state index in [-0.39, 0.29) is 11.7 Å². The fourth-order valence-electron chi connectivity index (χ4n) is 4.67. The molecule has 0 unspecified atom stereocenters. The zero-order valence-electron chi connectivity index (χ0n) is 17.2. The quantitative estimate of drug-likeness (QED) is 0.677. The average Bonchev–Trinajstić information content (AvgIpc) is 3.12. The second-order valence-electron chi connectivity index (χ2n) is 8.37. The molecule has 2 aliphatic rings. The van der Waals surface area contributed by atoms with Crippen LogP contribution in [0.15, 0.2) is 30.3 Å². The number of likely N-dealkylation sites (N-methyl/N-ethyl adjacent to an activating group) is 1. The SMILES string of the molecule is CN(CC(=O)Nc1sc2c(c1C(=O)c1ccccc1)CCCC2)C1CCCCC1. The molecule has 1 aromatic heterocycles. The van der Waals surface area contributed by atoms with Crippen LogP contribution in [0.2, 0.25) is 0 Å². The minimum absolute atomic E-state index is 0.0150. The number of aryl methyl sites for hydroxylation is 1. The molecule has 4 nitrogen and oxygen atoms in total. The normalized spacial score (nSPS) is 17.2. The van der Waals surface area contributed by atoms with Crippen molar-refractivity contribution in [3.8, 4) is 0 Å². The Morgan fingerprint density at radius 3 is 2.52 bits per heavy atom. The number of benzene rings is 1.